The Labute approximate surface area is 187 Å². The number of esters is 1. The van der Waals surface area contributed by atoms with E-state index >= 15 is 0 Å². The van der Waals surface area contributed by atoms with Crippen molar-refractivity contribution in [3.05, 3.63) is 46.5 Å². The van der Waals surface area contributed by atoms with Crippen molar-refractivity contribution in [3.63, 3.8) is 0 Å². The van der Waals surface area contributed by atoms with Crippen LogP contribution in [0.15, 0.2) is 24.3 Å². The van der Waals surface area contributed by atoms with Crippen molar-refractivity contribution in [2.24, 2.45) is 0 Å². The van der Waals surface area contributed by atoms with Gasteiger partial charge >= 0.3 is 5.97 Å². The molecule has 0 aromatic heterocycles. The van der Waals surface area contributed by atoms with Crippen LogP contribution in [-0.4, -0.2) is 46.1 Å². The first-order chi connectivity index (χ1) is 15.1. The molecule has 8 heteroatoms. The highest BCUT2D eigenvalue weighted by Gasteiger charge is 2.16. The number of carbonyl (C=O) groups is 3. The van der Waals surface area contributed by atoms with Gasteiger partial charge in [0.05, 0.1) is 17.7 Å². The summed E-state index contributed by atoms with van der Waals surface area (Å²) in [6, 6.07) is 5.91. The molecule has 0 fully saturated rings. The summed E-state index contributed by atoms with van der Waals surface area (Å²) in [6.45, 7) is 8.17. The maximum atomic E-state index is 11.3. The van der Waals surface area contributed by atoms with E-state index < -0.39 is 5.97 Å². The average Bonchev–Trinajstić information content (AvgIpc) is 2.72. The Kier molecular flexibility index (Phi) is 10.2. The van der Waals surface area contributed by atoms with Crippen LogP contribution in [0.2, 0.25) is 0 Å². The fourth-order valence-corrected chi connectivity index (χ4v) is 2.98. The molecule has 0 aliphatic rings. The molecular weight excluding hydrogens is 416 g/mol. The Hall–Kier alpha value is -3.55. The van der Waals surface area contributed by atoms with Crippen molar-refractivity contribution in [2.75, 3.05) is 13.2 Å². The minimum atomic E-state index is -0.473. The molecule has 0 aliphatic carbocycles. The molecule has 0 saturated heterocycles. The first-order valence-corrected chi connectivity index (χ1v) is 10.3. The van der Waals surface area contributed by atoms with E-state index in [1.807, 2.05) is 6.92 Å². The lowest BCUT2D eigenvalue weighted by atomic mass is 10.0. The summed E-state index contributed by atoms with van der Waals surface area (Å²) in [5.41, 5.74) is 1.44. The molecule has 3 N–H and O–H groups in total. The van der Waals surface area contributed by atoms with Crippen LogP contribution >= 0.6 is 0 Å². The highest BCUT2D eigenvalue weighted by molar-refractivity contribution is 5.98. The van der Waals surface area contributed by atoms with Gasteiger partial charge in [-0.05, 0) is 57.9 Å². The molecule has 8 nitrogen and oxygen atoms in total. The molecule has 0 atom stereocenters. The number of ether oxygens (including phenoxy) is 2. The number of hydrogen-bond acceptors (Lipinski definition) is 8. The maximum absolute atomic E-state index is 11.3. The van der Waals surface area contributed by atoms with Gasteiger partial charge in [0.2, 0.25) is 0 Å². The summed E-state index contributed by atoms with van der Waals surface area (Å²) in [4.78, 5) is 33.5. The number of rotatable bonds is 8. The summed E-state index contributed by atoms with van der Waals surface area (Å²) in [5, 5.41) is 28.9. The molecule has 0 radical (unpaired) electrons. The van der Waals surface area contributed by atoms with Gasteiger partial charge in [0.25, 0.3) is 0 Å². The van der Waals surface area contributed by atoms with E-state index in [1.165, 1.54) is 32.0 Å². The van der Waals surface area contributed by atoms with Crippen LogP contribution < -0.4 is 4.74 Å². The second-order valence-electron chi connectivity index (χ2n) is 6.81. The van der Waals surface area contributed by atoms with Gasteiger partial charge in [-0.2, -0.15) is 0 Å². The summed E-state index contributed by atoms with van der Waals surface area (Å²) < 4.78 is 10.1. The predicted octanol–water partition coefficient (Wildman–Crippen LogP) is 3.96. The van der Waals surface area contributed by atoms with Gasteiger partial charge in [-0.25, -0.2) is 4.79 Å². The Morgan fingerprint density at radius 2 is 1.28 bits per heavy atom. The quantitative estimate of drug-likeness (QED) is 0.410. The third kappa shape index (κ3) is 6.73. The molecule has 0 bridgehead atoms. The lowest BCUT2D eigenvalue weighted by Gasteiger charge is -2.13. The standard InChI is InChI=1S/C14H18O5.C10H12O3/c1-4-10-12(19-8-13(16)18-5-2)7-6-11(9(3)15)14(10)17;1-3-7-9(12)5-4-8(6(2)11)10(7)13/h6-7,17H,4-5,8H2,1-3H3;4-5,12-13H,3H2,1-2H3. The minimum absolute atomic E-state index is 0.0324. The Morgan fingerprint density at radius 3 is 1.75 bits per heavy atom. The molecule has 0 aliphatic heterocycles. The molecule has 174 valence electrons. The molecule has 2 aromatic rings. The molecular formula is C24H30O8. The smallest absolute Gasteiger partial charge is 0.344 e. The summed E-state index contributed by atoms with van der Waals surface area (Å²) in [7, 11) is 0. The van der Waals surface area contributed by atoms with Crippen molar-refractivity contribution >= 4 is 17.5 Å². The van der Waals surface area contributed by atoms with Crippen molar-refractivity contribution < 1.29 is 39.2 Å². The number of hydrogen-bond donors (Lipinski definition) is 3. The van der Waals surface area contributed by atoms with Crippen LogP contribution in [0.1, 0.15) is 66.5 Å². The number of ketones is 2. The number of phenols is 3. The van der Waals surface area contributed by atoms with Crippen LogP contribution in [0.25, 0.3) is 0 Å². The molecule has 0 saturated carbocycles. The highest BCUT2D eigenvalue weighted by atomic mass is 16.6. The Bertz CT molecular complexity index is 978. The second-order valence-corrected chi connectivity index (χ2v) is 6.81. The Balaban J connectivity index is 0.000000343. The van der Waals surface area contributed by atoms with Crippen molar-refractivity contribution in [2.45, 2.75) is 47.5 Å². The molecule has 0 unspecified atom stereocenters. The van der Waals surface area contributed by atoms with Gasteiger partial charge in [-0.15, -0.1) is 0 Å². The normalized spacial score (nSPS) is 10.0. The fourth-order valence-electron chi connectivity index (χ4n) is 2.98. The highest BCUT2D eigenvalue weighted by Crippen LogP contribution is 2.32. The van der Waals surface area contributed by atoms with Crippen LogP contribution in [-0.2, 0) is 22.4 Å². The van der Waals surface area contributed by atoms with E-state index in [0.29, 0.717) is 29.7 Å². The van der Waals surface area contributed by atoms with Gasteiger partial charge in [0.15, 0.2) is 18.2 Å². The number of benzene rings is 2. The third-order valence-electron chi connectivity index (χ3n) is 4.61. The van der Waals surface area contributed by atoms with Crippen molar-refractivity contribution in [1.82, 2.24) is 0 Å². The predicted molar refractivity (Wildman–Crippen MR) is 119 cm³/mol. The van der Waals surface area contributed by atoms with E-state index in [4.69, 9.17) is 9.47 Å². The lowest BCUT2D eigenvalue weighted by molar-refractivity contribution is -0.145. The van der Waals surface area contributed by atoms with Crippen LogP contribution in [0.4, 0.5) is 0 Å². The van der Waals surface area contributed by atoms with Gasteiger partial charge < -0.3 is 24.8 Å². The Morgan fingerprint density at radius 1 is 0.781 bits per heavy atom. The number of phenolic OH excluding ortho intramolecular Hbond substituents is 3. The van der Waals surface area contributed by atoms with Crippen LogP contribution in [0.3, 0.4) is 0 Å². The SMILES string of the molecule is CCOC(=O)COc1ccc(C(C)=O)c(O)c1CC.CCc1c(O)ccc(C(C)=O)c1O. The summed E-state index contributed by atoms with van der Waals surface area (Å²) in [5.74, 6) is -0.662. The number of carbonyl (C=O) groups excluding carboxylic acids is 3. The van der Waals surface area contributed by atoms with Gasteiger partial charge in [0, 0.05) is 11.1 Å². The van der Waals surface area contributed by atoms with E-state index in [1.54, 1.807) is 19.9 Å². The van der Waals surface area contributed by atoms with E-state index in [0.717, 1.165) is 0 Å². The molecule has 0 spiro atoms. The lowest BCUT2D eigenvalue weighted by Crippen LogP contribution is -2.15. The molecule has 0 heterocycles. The van der Waals surface area contributed by atoms with Crippen molar-refractivity contribution in [3.8, 4) is 23.0 Å². The zero-order chi connectivity index (χ0) is 24.4. The second kappa shape index (κ2) is 12.3. The van der Waals surface area contributed by atoms with Gasteiger partial charge in [-0.3, -0.25) is 9.59 Å². The first-order valence-electron chi connectivity index (χ1n) is 10.3. The van der Waals surface area contributed by atoms with Crippen LogP contribution in [0, 0.1) is 0 Å². The van der Waals surface area contributed by atoms with Gasteiger partial charge in [-0.1, -0.05) is 13.8 Å². The zero-order valence-corrected chi connectivity index (χ0v) is 19.0. The monoisotopic (exact) mass is 446 g/mol. The van der Waals surface area contributed by atoms with Crippen LogP contribution in [0.5, 0.6) is 23.0 Å². The third-order valence-corrected chi connectivity index (χ3v) is 4.61. The van der Waals surface area contributed by atoms with E-state index in [2.05, 4.69) is 0 Å². The zero-order valence-electron chi connectivity index (χ0n) is 19.0. The minimum Gasteiger partial charge on any atom is -0.508 e. The average molecular weight is 446 g/mol. The summed E-state index contributed by atoms with van der Waals surface area (Å²) >= 11 is 0. The fraction of sp³-hybridized carbons (Fsp3) is 0.375. The van der Waals surface area contributed by atoms with E-state index in [9.17, 15) is 29.7 Å². The molecule has 2 rings (SSSR count). The van der Waals surface area contributed by atoms with Gasteiger partial charge in [0.1, 0.15) is 23.0 Å². The summed E-state index contributed by atoms with van der Waals surface area (Å²) in [6.07, 6.45) is 0.990. The van der Waals surface area contributed by atoms with E-state index in [-0.39, 0.29) is 53.2 Å². The molecule has 0 amide bonds. The van der Waals surface area contributed by atoms with Crippen molar-refractivity contribution in [1.29, 1.82) is 0 Å². The first kappa shape index (κ1) is 26.5. The number of aromatic hydroxyl groups is 3. The molecule has 2 aromatic carbocycles. The topological polar surface area (TPSA) is 130 Å². The number of Topliss-reactive ketones (excluding diaryl/α,β-unsaturated/α-hetero) is 2. The molecule has 32 heavy (non-hydrogen) atoms. The maximum Gasteiger partial charge on any atom is 0.344 e. The largest absolute Gasteiger partial charge is 0.508 e.